The van der Waals surface area contributed by atoms with Crippen molar-refractivity contribution in [2.24, 2.45) is 0 Å². The van der Waals surface area contributed by atoms with E-state index >= 15 is 0 Å². The maximum Gasteiger partial charge on any atom is 0.262 e. The zero-order valence-electron chi connectivity index (χ0n) is 16.4. The summed E-state index contributed by atoms with van der Waals surface area (Å²) >= 11 is 5.82. The molecule has 156 valence electrons. The van der Waals surface area contributed by atoms with Crippen LogP contribution in [0.15, 0.2) is 47.4 Å². The predicted octanol–water partition coefficient (Wildman–Crippen LogP) is 4.23. The molecule has 0 atom stereocenters. The first kappa shape index (κ1) is 21.6. The average molecular weight is 437 g/mol. The number of carbonyl (C=O) groups is 1. The summed E-state index contributed by atoms with van der Waals surface area (Å²) in [6.45, 7) is 2.64. The summed E-state index contributed by atoms with van der Waals surface area (Å²) in [5.41, 5.74) is 1.08. The van der Waals surface area contributed by atoms with Crippen LogP contribution < -0.4 is 10.1 Å². The molecule has 0 bridgehead atoms. The number of nitrogens with one attached hydrogen (secondary N) is 1. The van der Waals surface area contributed by atoms with E-state index in [2.05, 4.69) is 5.32 Å². The smallest absolute Gasteiger partial charge is 0.262 e. The minimum absolute atomic E-state index is 0.191. The van der Waals surface area contributed by atoms with E-state index in [9.17, 15) is 13.2 Å². The van der Waals surface area contributed by atoms with E-state index in [4.69, 9.17) is 16.3 Å². The van der Waals surface area contributed by atoms with E-state index in [1.54, 1.807) is 47.6 Å². The molecule has 2 aromatic carbocycles. The number of aryl methyl sites for hydroxylation is 1. The van der Waals surface area contributed by atoms with Crippen LogP contribution in [0.1, 0.15) is 31.2 Å². The molecule has 3 rings (SSSR count). The van der Waals surface area contributed by atoms with E-state index in [1.165, 1.54) is 6.07 Å². The molecule has 0 aromatic heterocycles. The fourth-order valence-corrected chi connectivity index (χ4v) is 5.15. The van der Waals surface area contributed by atoms with Gasteiger partial charge in [0.15, 0.2) is 6.61 Å². The molecule has 0 saturated carbocycles. The van der Waals surface area contributed by atoms with Crippen LogP contribution in [0.5, 0.6) is 5.75 Å². The molecule has 1 saturated heterocycles. The van der Waals surface area contributed by atoms with Gasteiger partial charge >= 0.3 is 0 Å². The van der Waals surface area contributed by atoms with E-state index in [-0.39, 0.29) is 17.4 Å². The lowest BCUT2D eigenvalue weighted by Gasteiger charge is -2.21. The zero-order valence-corrected chi connectivity index (χ0v) is 17.9. The van der Waals surface area contributed by atoms with Gasteiger partial charge in [-0.25, -0.2) is 8.42 Å². The van der Waals surface area contributed by atoms with Gasteiger partial charge in [-0.1, -0.05) is 30.5 Å². The quantitative estimate of drug-likeness (QED) is 0.735. The maximum absolute atomic E-state index is 13.1. The largest absolute Gasteiger partial charge is 0.484 e. The standard InChI is InChI=1S/C21H25ClN2O4S/c1-16-6-9-18(23-21(25)15-28-19-10-7-17(22)8-11-19)14-20(16)29(26,27)24-12-4-2-3-5-13-24/h6-11,14H,2-5,12-13,15H2,1H3,(H,23,25). The number of halogens is 1. The summed E-state index contributed by atoms with van der Waals surface area (Å²) in [6.07, 6.45) is 3.84. The molecule has 8 heteroatoms. The van der Waals surface area contributed by atoms with E-state index in [1.807, 2.05) is 0 Å². The number of hydrogen-bond donors (Lipinski definition) is 1. The van der Waals surface area contributed by atoms with E-state index in [0.29, 0.717) is 35.1 Å². The van der Waals surface area contributed by atoms with Crippen LogP contribution in [0.3, 0.4) is 0 Å². The van der Waals surface area contributed by atoms with Gasteiger partial charge in [-0.2, -0.15) is 4.31 Å². The molecular weight excluding hydrogens is 412 g/mol. The van der Waals surface area contributed by atoms with Crippen molar-refractivity contribution in [1.82, 2.24) is 4.31 Å². The van der Waals surface area contributed by atoms with Crippen molar-refractivity contribution in [2.75, 3.05) is 25.0 Å². The Bertz CT molecular complexity index is 953. The summed E-state index contributed by atoms with van der Waals surface area (Å²) in [4.78, 5) is 12.5. The number of rotatable bonds is 6. The second-order valence-electron chi connectivity index (χ2n) is 7.09. The highest BCUT2D eigenvalue weighted by atomic mass is 35.5. The van der Waals surface area contributed by atoms with Crippen LogP contribution in [0.2, 0.25) is 5.02 Å². The van der Waals surface area contributed by atoms with Crippen LogP contribution in [0, 0.1) is 6.92 Å². The molecule has 1 N–H and O–H groups in total. The maximum atomic E-state index is 13.1. The lowest BCUT2D eigenvalue weighted by atomic mass is 10.2. The van der Waals surface area contributed by atoms with Gasteiger partial charge < -0.3 is 10.1 Å². The summed E-state index contributed by atoms with van der Waals surface area (Å²) < 4.78 is 33.2. The van der Waals surface area contributed by atoms with E-state index in [0.717, 1.165) is 25.7 Å². The third-order valence-corrected chi connectivity index (χ3v) is 7.13. The third kappa shape index (κ3) is 5.72. The lowest BCUT2D eigenvalue weighted by Crippen LogP contribution is -2.32. The molecule has 1 aliphatic rings. The first-order valence-corrected chi connectivity index (χ1v) is 11.5. The number of ether oxygens (including phenoxy) is 1. The SMILES string of the molecule is Cc1ccc(NC(=O)COc2ccc(Cl)cc2)cc1S(=O)(=O)N1CCCCCC1. The molecule has 0 radical (unpaired) electrons. The Morgan fingerprint density at radius 1 is 1.07 bits per heavy atom. The highest BCUT2D eigenvalue weighted by molar-refractivity contribution is 7.89. The van der Waals surface area contributed by atoms with Gasteiger partial charge in [-0.15, -0.1) is 0 Å². The Morgan fingerprint density at radius 2 is 1.72 bits per heavy atom. The van der Waals surface area contributed by atoms with Crippen molar-refractivity contribution >= 4 is 33.2 Å². The van der Waals surface area contributed by atoms with Crippen molar-refractivity contribution in [2.45, 2.75) is 37.5 Å². The Balaban J connectivity index is 1.69. The normalized spacial score (nSPS) is 15.5. The first-order valence-electron chi connectivity index (χ1n) is 9.65. The molecule has 0 spiro atoms. The minimum Gasteiger partial charge on any atom is -0.484 e. The number of benzene rings is 2. The predicted molar refractivity (Wildman–Crippen MR) is 114 cm³/mol. The van der Waals surface area contributed by atoms with Gasteiger partial charge in [-0.3, -0.25) is 4.79 Å². The van der Waals surface area contributed by atoms with Crippen molar-refractivity contribution < 1.29 is 17.9 Å². The minimum atomic E-state index is -3.60. The van der Waals surface area contributed by atoms with Crippen LogP contribution in [0.4, 0.5) is 5.69 Å². The van der Waals surface area contributed by atoms with Crippen LogP contribution in [0.25, 0.3) is 0 Å². The highest BCUT2D eigenvalue weighted by Gasteiger charge is 2.27. The number of hydrogen-bond acceptors (Lipinski definition) is 4. The molecule has 1 aliphatic heterocycles. The second-order valence-corrected chi connectivity index (χ2v) is 9.43. The van der Waals surface area contributed by atoms with Crippen LogP contribution in [-0.4, -0.2) is 38.3 Å². The second kappa shape index (κ2) is 9.61. The molecule has 29 heavy (non-hydrogen) atoms. The fourth-order valence-electron chi connectivity index (χ4n) is 3.25. The molecule has 0 aliphatic carbocycles. The number of amides is 1. The number of carbonyl (C=O) groups excluding carboxylic acids is 1. The molecular formula is C21H25ClN2O4S. The monoisotopic (exact) mass is 436 g/mol. The summed E-state index contributed by atoms with van der Waals surface area (Å²) in [5, 5.41) is 3.29. The van der Waals surface area contributed by atoms with Gasteiger partial charge in [0.05, 0.1) is 4.90 Å². The number of nitrogens with zero attached hydrogens (tertiary/aromatic N) is 1. The Hall–Kier alpha value is -2.09. The lowest BCUT2D eigenvalue weighted by molar-refractivity contribution is -0.118. The van der Waals surface area contributed by atoms with Gasteiger partial charge in [0, 0.05) is 23.8 Å². The molecule has 0 unspecified atom stereocenters. The molecule has 6 nitrogen and oxygen atoms in total. The van der Waals surface area contributed by atoms with Crippen molar-refractivity contribution in [1.29, 1.82) is 0 Å². The van der Waals surface area contributed by atoms with Crippen LogP contribution >= 0.6 is 11.6 Å². The third-order valence-electron chi connectivity index (χ3n) is 4.84. The van der Waals surface area contributed by atoms with E-state index < -0.39 is 10.0 Å². The van der Waals surface area contributed by atoms with Gasteiger partial charge in [0.25, 0.3) is 5.91 Å². The summed E-state index contributed by atoms with van der Waals surface area (Å²) in [6, 6.07) is 11.6. The number of sulfonamides is 1. The average Bonchev–Trinajstić information content (AvgIpc) is 2.99. The molecule has 1 heterocycles. The molecule has 2 aromatic rings. The Kier molecular flexibility index (Phi) is 7.16. The molecule has 1 amide bonds. The summed E-state index contributed by atoms with van der Waals surface area (Å²) in [5.74, 6) is 0.153. The summed E-state index contributed by atoms with van der Waals surface area (Å²) in [7, 11) is -3.60. The van der Waals surface area contributed by atoms with Crippen molar-refractivity contribution in [3.63, 3.8) is 0 Å². The molecule has 1 fully saturated rings. The van der Waals surface area contributed by atoms with Crippen molar-refractivity contribution in [3.8, 4) is 5.75 Å². The number of anilines is 1. The topological polar surface area (TPSA) is 75.7 Å². The zero-order chi connectivity index (χ0) is 20.9. The highest BCUT2D eigenvalue weighted by Crippen LogP contribution is 2.26. The fraction of sp³-hybridized carbons (Fsp3) is 0.381. The Labute approximate surface area is 176 Å². The van der Waals surface area contributed by atoms with Gasteiger partial charge in [0.2, 0.25) is 10.0 Å². The van der Waals surface area contributed by atoms with Crippen LogP contribution in [-0.2, 0) is 14.8 Å². The Morgan fingerprint density at radius 3 is 2.38 bits per heavy atom. The van der Waals surface area contributed by atoms with Gasteiger partial charge in [0.1, 0.15) is 5.75 Å². The first-order chi connectivity index (χ1) is 13.9. The van der Waals surface area contributed by atoms with Crippen molar-refractivity contribution in [3.05, 3.63) is 53.1 Å². The van der Waals surface area contributed by atoms with Gasteiger partial charge in [-0.05, 0) is 61.7 Å².